The summed E-state index contributed by atoms with van der Waals surface area (Å²) in [6, 6.07) is 3.74. The number of phenols is 1. The largest absolute Gasteiger partial charge is 0.507 e. The molecule has 4 N–H and O–H groups in total. The number of aromatic hydroxyl groups is 1. The van der Waals surface area contributed by atoms with Gasteiger partial charge in [-0.3, -0.25) is 4.79 Å². The van der Waals surface area contributed by atoms with Crippen LogP contribution < -0.4 is 11.1 Å². The van der Waals surface area contributed by atoms with E-state index in [2.05, 4.69) is 5.32 Å². The SMILES string of the molecule is NC(=S)C1(NC(=O)c2c(O)cccc2F)CCCCC1. The van der Waals surface area contributed by atoms with E-state index in [1.54, 1.807) is 0 Å². The number of carbonyl (C=O) groups excluding carboxylic acids is 1. The number of phenolic OH excluding ortho intramolecular Hbond substituents is 1. The van der Waals surface area contributed by atoms with Gasteiger partial charge >= 0.3 is 0 Å². The Hall–Kier alpha value is -1.69. The first-order valence-corrected chi connectivity index (χ1v) is 6.97. The molecule has 1 aliphatic rings. The highest BCUT2D eigenvalue weighted by Crippen LogP contribution is 2.30. The molecule has 0 aromatic heterocycles. The number of rotatable bonds is 3. The number of hydrogen-bond donors (Lipinski definition) is 3. The molecule has 0 atom stereocenters. The maximum absolute atomic E-state index is 13.7. The minimum Gasteiger partial charge on any atom is -0.507 e. The maximum atomic E-state index is 13.7. The molecule has 0 radical (unpaired) electrons. The molecule has 0 bridgehead atoms. The van der Waals surface area contributed by atoms with Gasteiger partial charge in [0.25, 0.3) is 5.91 Å². The van der Waals surface area contributed by atoms with Crippen LogP contribution in [0, 0.1) is 5.82 Å². The molecule has 0 aliphatic heterocycles. The van der Waals surface area contributed by atoms with Crippen LogP contribution >= 0.6 is 12.2 Å². The van der Waals surface area contributed by atoms with E-state index in [1.807, 2.05) is 0 Å². The zero-order valence-electron chi connectivity index (χ0n) is 11.0. The molecule has 2 rings (SSSR count). The van der Waals surface area contributed by atoms with Crippen molar-refractivity contribution in [3.63, 3.8) is 0 Å². The summed E-state index contributed by atoms with van der Waals surface area (Å²) in [6.07, 6.45) is 4.15. The van der Waals surface area contributed by atoms with Crippen LogP contribution in [0.15, 0.2) is 18.2 Å². The topological polar surface area (TPSA) is 75.3 Å². The van der Waals surface area contributed by atoms with E-state index in [9.17, 15) is 14.3 Å². The number of nitrogens with one attached hydrogen (secondary N) is 1. The van der Waals surface area contributed by atoms with Gasteiger partial charge in [0.15, 0.2) is 0 Å². The lowest BCUT2D eigenvalue weighted by Crippen LogP contribution is -2.57. The van der Waals surface area contributed by atoms with Crippen molar-refractivity contribution >= 4 is 23.1 Å². The summed E-state index contributed by atoms with van der Waals surface area (Å²) in [5.74, 6) is -1.84. The highest BCUT2D eigenvalue weighted by atomic mass is 32.1. The molecular formula is C14H17FN2O2S. The number of amides is 1. The van der Waals surface area contributed by atoms with Crippen LogP contribution in [0.25, 0.3) is 0 Å². The number of benzene rings is 1. The van der Waals surface area contributed by atoms with Crippen LogP contribution in [0.1, 0.15) is 42.5 Å². The van der Waals surface area contributed by atoms with Gasteiger partial charge in [-0.15, -0.1) is 0 Å². The second-order valence-corrected chi connectivity index (χ2v) is 5.53. The molecule has 1 aliphatic carbocycles. The predicted molar refractivity (Wildman–Crippen MR) is 78.1 cm³/mol. The zero-order valence-corrected chi connectivity index (χ0v) is 11.8. The van der Waals surface area contributed by atoms with Crippen LogP contribution in [0.2, 0.25) is 0 Å². The molecular weight excluding hydrogens is 279 g/mol. The lowest BCUT2D eigenvalue weighted by molar-refractivity contribution is 0.0901. The first-order valence-electron chi connectivity index (χ1n) is 6.56. The number of carbonyl (C=O) groups is 1. The fourth-order valence-electron chi connectivity index (χ4n) is 2.61. The molecule has 0 saturated heterocycles. The summed E-state index contributed by atoms with van der Waals surface area (Å²) in [6.45, 7) is 0. The summed E-state index contributed by atoms with van der Waals surface area (Å²) in [5, 5.41) is 12.4. The van der Waals surface area contributed by atoms with Crippen molar-refractivity contribution in [1.29, 1.82) is 0 Å². The van der Waals surface area contributed by atoms with Gasteiger partial charge in [0.1, 0.15) is 17.1 Å². The average Bonchev–Trinajstić information content (AvgIpc) is 2.39. The fraction of sp³-hybridized carbons (Fsp3) is 0.429. The van der Waals surface area contributed by atoms with Gasteiger partial charge in [-0.05, 0) is 25.0 Å². The van der Waals surface area contributed by atoms with E-state index in [-0.39, 0.29) is 10.6 Å². The second kappa shape index (κ2) is 5.75. The first kappa shape index (κ1) is 14.7. The Morgan fingerprint density at radius 1 is 1.35 bits per heavy atom. The molecule has 108 valence electrons. The van der Waals surface area contributed by atoms with Crippen molar-refractivity contribution < 1.29 is 14.3 Å². The average molecular weight is 296 g/mol. The van der Waals surface area contributed by atoms with E-state index in [0.717, 1.165) is 25.3 Å². The normalized spacial score (nSPS) is 17.4. The van der Waals surface area contributed by atoms with Crippen molar-refractivity contribution in [2.75, 3.05) is 0 Å². The van der Waals surface area contributed by atoms with E-state index in [0.29, 0.717) is 12.8 Å². The van der Waals surface area contributed by atoms with Crippen LogP contribution in [0.4, 0.5) is 4.39 Å². The summed E-state index contributed by atoms with van der Waals surface area (Å²) in [4.78, 5) is 12.4. The maximum Gasteiger partial charge on any atom is 0.258 e. The van der Waals surface area contributed by atoms with Gasteiger partial charge in [-0.1, -0.05) is 37.5 Å². The summed E-state index contributed by atoms with van der Waals surface area (Å²) in [7, 11) is 0. The van der Waals surface area contributed by atoms with Gasteiger partial charge in [-0.2, -0.15) is 0 Å². The molecule has 4 nitrogen and oxygen atoms in total. The van der Waals surface area contributed by atoms with E-state index in [1.165, 1.54) is 12.1 Å². The molecule has 0 heterocycles. The Labute approximate surface area is 122 Å². The highest BCUT2D eigenvalue weighted by Gasteiger charge is 2.37. The molecule has 1 saturated carbocycles. The van der Waals surface area contributed by atoms with Crippen molar-refractivity contribution in [1.82, 2.24) is 5.32 Å². The lowest BCUT2D eigenvalue weighted by Gasteiger charge is -2.37. The Bertz CT molecular complexity index is 522. The van der Waals surface area contributed by atoms with Crippen molar-refractivity contribution in [3.8, 4) is 5.75 Å². The van der Waals surface area contributed by atoms with E-state index < -0.39 is 23.0 Å². The van der Waals surface area contributed by atoms with E-state index in [4.69, 9.17) is 18.0 Å². The molecule has 1 fully saturated rings. The van der Waals surface area contributed by atoms with Crippen LogP contribution in [0.5, 0.6) is 5.75 Å². The minimum atomic E-state index is -0.778. The molecule has 1 aromatic rings. The Morgan fingerprint density at radius 2 is 2.00 bits per heavy atom. The number of nitrogens with two attached hydrogens (primary N) is 1. The van der Waals surface area contributed by atoms with Gasteiger partial charge in [0.2, 0.25) is 0 Å². The summed E-state index contributed by atoms with van der Waals surface area (Å²) in [5.41, 5.74) is 4.62. The molecule has 0 spiro atoms. The molecule has 6 heteroatoms. The lowest BCUT2D eigenvalue weighted by atomic mass is 9.81. The number of hydrogen-bond acceptors (Lipinski definition) is 3. The standard InChI is InChI=1S/C14H17FN2O2S/c15-9-5-4-6-10(18)11(9)12(19)17-14(13(16)20)7-2-1-3-8-14/h4-6,18H,1-3,7-8H2,(H2,16,20)(H,17,19). The minimum absolute atomic E-state index is 0.210. The third kappa shape index (κ3) is 2.75. The summed E-state index contributed by atoms with van der Waals surface area (Å²) >= 11 is 5.07. The number of thiocarbonyl (C=S) groups is 1. The smallest absolute Gasteiger partial charge is 0.258 e. The third-order valence-corrected chi connectivity index (χ3v) is 4.14. The van der Waals surface area contributed by atoms with Crippen molar-refractivity contribution in [3.05, 3.63) is 29.6 Å². The number of halogens is 1. The molecule has 0 unspecified atom stereocenters. The molecule has 20 heavy (non-hydrogen) atoms. The Balaban J connectivity index is 2.27. The predicted octanol–water partition coefficient (Wildman–Crippen LogP) is 2.25. The fourth-order valence-corrected chi connectivity index (χ4v) is 2.86. The Kier molecular flexibility index (Phi) is 4.23. The first-order chi connectivity index (χ1) is 9.46. The van der Waals surface area contributed by atoms with Crippen molar-refractivity contribution in [2.24, 2.45) is 5.73 Å². The van der Waals surface area contributed by atoms with Crippen molar-refractivity contribution in [2.45, 2.75) is 37.6 Å². The highest BCUT2D eigenvalue weighted by molar-refractivity contribution is 7.80. The van der Waals surface area contributed by atoms with Gasteiger partial charge in [0.05, 0.1) is 10.5 Å². The summed E-state index contributed by atoms with van der Waals surface area (Å²) < 4.78 is 13.7. The third-order valence-electron chi connectivity index (χ3n) is 3.75. The Morgan fingerprint density at radius 3 is 2.55 bits per heavy atom. The van der Waals surface area contributed by atoms with Crippen LogP contribution in [-0.4, -0.2) is 21.5 Å². The quantitative estimate of drug-likeness (QED) is 0.748. The van der Waals surface area contributed by atoms with Gasteiger partial charge in [0, 0.05) is 0 Å². The van der Waals surface area contributed by atoms with E-state index >= 15 is 0 Å². The van der Waals surface area contributed by atoms with Gasteiger partial charge < -0.3 is 16.2 Å². The second-order valence-electron chi connectivity index (χ2n) is 5.10. The zero-order chi connectivity index (χ0) is 14.8. The van der Waals surface area contributed by atoms with Crippen LogP contribution in [-0.2, 0) is 0 Å². The van der Waals surface area contributed by atoms with Crippen LogP contribution in [0.3, 0.4) is 0 Å². The molecule has 1 aromatic carbocycles. The van der Waals surface area contributed by atoms with Gasteiger partial charge in [-0.25, -0.2) is 4.39 Å². The monoisotopic (exact) mass is 296 g/mol. The molecule has 1 amide bonds.